The number of rotatable bonds is 5. The van der Waals surface area contributed by atoms with Crippen molar-refractivity contribution in [3.05, 3.63) is 53.2 Å². The van der Waals surface area contributed by atoms with Gasteiger partial charge in [-0.05, 0) is 38.5 Å². The summed E-state index contributed by atoms with van der Waals surface area (Å²) < 4.78 is 11.5. The minimum absolute atomic E-state index is 0.139. The Balaban J connectivity index is 1.44. The van der Waals surface area contributed by atoms with Crippen LogP contribution >= 0.6 is 23.1 Å². The number of nitrogens with one attached hydrogen (secondary N) is 1. The summed E-state index contributed by atoms with van der Waals surface area (Å²) in [6, 6.07) is 11.6. The van der Waals surface area contributed by atoms with E-state index in [1.165, 1.54) is 16.6 Å². The summed E-state index contributed by atoms with van der Waals surface area (Å²) in [4.78, 5) is 24.0. The molecule has 0 aliphatic carbocycles. The van der Waals surface area contributed by atoms with E-state index in [1.54, 1.807) is 24.8 Å². The maximum absolute atomic E-state index is 13.1. The number of fused-ring (bicyclic) bond motifs is 4. The predicted octanol–water partition coefficient (Wildman–Crippen LogP) is 6.34. The number of hydrogen-bond donors (Lipinski definition) is 1. The van der Waals surface area contributed by atoms with Gasteiger partial charge in [0.25, 0.3) is 0 Å². The minimum atomic E-state index is -0.371. The third-order valence-electron chi connectivity index (χ3n) is 5.54. The van der Waals surface area contributed by atoms with Crippen LogP contribution in [0.2, 0.25) is 0 Å². The van der Waals surface area contributed by atoms with Gasteiger partial charge in [0.2, 0.25) is 5.91 Å². The summed E-state index contributed by atoms with van der Waals surface area (Å²) in [5.41, 5.74) is 3.24. The highest BCUT2D eigenvalue weighted by Crippen LogP contribution is 2.38. The van der Waals surface area contributed by atoms with Crippen LogP contribution in [0.25, 0.3) is 32.2 Å². The van der Waals surface area contributed by atoms with Crippen LogP contribution in [0.4, 0.5) is 5.69 Å². The van der Waals surface area contributed by atoms with E-state index in [4.69, 9.17) is 9.15 Å². The number of carbonyl (C=O) groups excluding carboxylic acids is 1. The van der Waals surface area contributed by atoms with E-state index < -0.39 is 0 Å². The van der Waals surface area contributed by atoms with E-state index in [9.17, 15) is 4.79 Å². The molecule has 6 nitrogen and oxygen atoms in total. The molecule has 0 aliphatic heterocycles. The van der Waals surface area contributed by atoms with Crippen LogP contribution in [0.5, 0.6) is 5.75 Å². The second-order valence-corrected chi connectivity index (χ2v) is 10.1. The highest BCUT2D eigenvalue weighted by atomic mass is 32.2. The molecule has 1 atom stereocenters. The molecule has 5 rings (SSSR count). The van der Waals surface area contributed by atoms with E-state index >= 15 is 0 Å². The molecule has 0 fully saturated rings. The summed E-state index contributed by atoms with van der Waals surface area (Å²) in [6.07, 6.45) is 1.56. The number of ether oxygens (including phenoxy) is 1. The first-order valence-corrected chi connectivity index (χ1v) is 11.8. The first-order valence-electron chi connectivity index (χ1n) is 10.1. The van der Waals surface area contributed by atoms with Gasteiger partial charge in [0.15, 0.2) is 0 Å². The zero-order chi connectivity index (χ0) is 22.4. The van der Waals surface area contributed by atoms with Gasteiger partial charge in [-0.2, -0.15) is 0 Å². The number of amides is 1. The normalized spacial score (nSPS) is 12.5. The third-order valence-corrected chi connectivity index (χ3v) is 7.76. The first-order chi connectivity index (χ1) is 15.5. The second-order valence-electron chi connectivity index (χ2n) is 7.54. The number of benzene rings is 2. The van der Waals surface area contributed by atoms with Gasteiger partial charge in [-0.15, -0.1) is 11.3 Å². The number of thioether (sulfide) groups is 1. The zero-order valence-corrected chi connectivity index (χ0v) is 19.7. The number of hydrogen-bond acceptors (Lipinski definition) is 7. The van der Waals surface area contributed by atoms with Gasteiger partial charge in [0, 0.05) is 27.1 Å². The van der Waals surface area contributed by atoms with E-state index in [2.05, 4.69) is 29.1 Å². The van der Waals surface area contributed by atoms with Crippen molar-refractivity contribution in [2.45, 2.75) is 31.0 Å². The van der Waals surface area contributed by atoms with Crippen molar-refractivity contribution >= 4 is 66.8 Å². The van der Waals surface area contributed by atoms with Gasteiger partial charge < -0.3 is 14.5 Å². The molecule has 0 spiro atoms. The quantitative estimate of drug-likeness (QED) is 0.242. The average Bonchev–Trinajstić information content (AvgIpc) is 3.29. The van der Waals surface area contributed by atoms with E-state index in [1.807, 2.05) is 43.3 Å². The second kappa shape index (κ2) is 8.11. The maximum Gasteiger partial charge on any atom is 0.237 e. The molecule has 1 N–H and O–H groups in total. The average molecular weight is 464 g/mol. The number of anilines is 1. The van der Waals surface area contributed by atoms with Gasteiger partial charge in [-0.25, -0.2) is 9.97 Å². The van der Waals surface area contributed by atoms with Crippen molar-refractivity contribution in [3.63, 3.8) is 0 Å². The van der Waals surface area contributed by atoms with Crippen molar-refractivity contribution in [3.8, 4) is 5.75 Å². The molecular weight excluding hydrogens is 442 g/mol. The highest BCUT2D eigenvalue weighted by molar-refractivity contribution is 8.00. The maximum atomic E-state index is 13.1. The Morgan fingerprint density at radius 1 is 1.16 bits per heavy atom. The molecule has 0 aliphatic rings. The third kappa shape index (κ3) is 3.49. The molecule has 5 aromatic rings. The molecule has 0 bridgehead atoms. The van der Waals surface area contributed by atoms with Crippen LogP contribution in [-0.2, 0) is 4.79 Å². The molecular formula is C24H21N3O3S2. The monoisotopic (exact) mass is 463 g/mol. The molecule has 3 aromatic heterocycles. The highest BCUT2D eigenvalue weighted by Gasteiger charge is 2.21. The number of para-hydroxylation sites is 1. The fraction of sp³-hybridized carbons (Fsp3) is 0.208. The fourth-order valence-electron chi connectivity index (χ4n) is 3.71. The van der Waals surface area contributed by atoms with Gasteiger partial charge in [-0.3, -0.25) is 4.79 Å². The molecule has 3 heterocycles. The summed E-state index contributed by atoms with van der Waals surface area (Å²) in [6.45, 7) is 6.02. The molecule has 1 amide bonds. The van der Waals surface area contributed by atoms with Crippen molar-refractivity contribution in [2.24, 2.45) is 0 Å². The molecule has 32 heavy (non-hydrogen) atoms. The SMILES string of the molecule is COc1cc2c(cc1NC(=O)C(C)Sc1ncnc3sc(C)c(C)c13)oc1ccccc12. The molecule has 0 saturated heterocycles. The summed E-state index contributed by atoms with van der Waals surface area (Å²) in [5, 5.41) is 6.44. The summed E-state index contributed by atoms with van der Waals surface area (Å²) in [5.74, 6) is 0.448. The smallest absolute Gasteiger partial charge is 0.237 e. The Labute approximate surface area is 193 Å². The van der Waals surface area contributed by atoms with Gasteiger partial charge in [-0.1, -0.05) is 30.0 Å². The van der Waals surface area contributed by atoms with Crippen molar-refractivity contribution in [2.75, 3.05) is 12.4 Å². The lowest BCUT2D eigenvalue weighted by molar-refractivity contribution is -0.115. The van der Waals surface area contributed by atoms with E-state index in [-0.39, 0.29) is 11.2 Å². The molecule has 0 saturated carbocycles. The minimum Gasteiger partial charge on any atom is -0.495 e. The largest absolute Gasteiger partial charge is 0.495 e. The number of aryl methyl sites for hydroxylation is 2. The summed E-state index contributed by atoms with van der Waals surface area (Å²) in [7, 11) is 1.59. The Morgan fingerprint density at radius 2 is 1.97 bits per heavy atom. The fourth-order valence-corrected chi connectivity index (χ4v) is 5.75. The van der Waals surface area contributed by atoms with Crippen molar-refractivity contribution in [1.82, 2.24) is 9.97 Å². The van der Waals surface area contributed by atoms with E-state index in [0.29, 0.717) is 17.0 Å². The molecule has 1 unspecified atom stereocenters. The van der Waals surface area contributed by atoms with Gasteiger partial charge in [0.05, 0.1) is 18.0 Å². The number of thiophene rings is 1. The van der Waals surface area contributed by atoms with Crippen LogP contribution in [-0.4, -0.2) is 28.2 Å². The van der Waals surface area contributed by atoms with Crippen LogP contribution in [0.15, 0.2) is 52.2 Å². The van der Waals surface area contributed by atoms with Crippen LogP contribution in [0.1, 0.15) is 17.4 Å². The predicted molar refractivity (Wildman–Crippen MR) is 131 cm³/mol. The number of carbonyl (C=O) groups is 1. The Hall–Kier alpha value is -3.10. The van der Waals surface area contributed by atoms with Crippen molar-refractivity contribution in [1.29, 1.82) is 0 Å². The summed E-state index contributed by atoms with van der Waals surface area (Å²) >= 11 is 3.07. The molecule has 2 aromatic carbocycles. The number of methoxy groups -OCH3 is 1. The molecule has 162 valence electrons. The van der Waals surface area contributed by atoms with Crippen LogP contribution in [0, 0.1) is 13.8 Å². The lowest BCUT2D eigenvalue weighted by Crippen LogP contribution is -2.22. The topological polar surface area (TPSA) is 77.2 Å². The Morgan fingerprint density at radius 3 is 2.78 bits per heavy atom. The van der Waals surface area contributed by atoms with Crippen LogP contribution in [0.3, 0.4) is 0 Å². The molecule has 8 heteroatoms. The Bertz CT molecular complexity index is 1490. The first kappa shape index (κ1) is 20.8. The number of furan rings is 1. The van der Waals surface area contributed by atoms with Crippen LogP contribution < -0.4 is 10.1 Å². The standard InChI is InChI=1S/C24H21N3O3S2/c1-12-13(2)31-23-21(12)24(26-11-25-23)32-14(3)22(28)27-17-10-19-16(9-20(17)29-4)15-7-5-6-8-18(15)30-19/h5-11,14H,1-4H3,(H,27,28). The lowest BCUT2D eigenvalue weighted by atomic mass is 10.1. The van der Waals surface area contributed by atoms with Crippen molar-refractivity contribution < 1.29 is 13.9 Å². The van der Waals surface area contributed by atoms with Gasteiger partial charge in [0.1, 0.15) is 33.1 Å². The van der Waals surface area contributed by atoms with Gasteiger partial charge >= 0.3 is 0 Å². The number of nitrogens with zero attached hydrogens (tertiary/aromatic N) is 2. The Kier molecular flexibility index (Phi) is 5.27. The zero-order valence-electron chi connectivity index (χ0n) is 18.1. The van der Waals surface area contributed by atoms with E-state index in [0.717, 1.165) is 37.2 Å². The number of aromatic nitrogens is 2. The lowest BCUT2D eigenvalue weighted by Gasteiger charge is -2.14. The molecule has 0 radical (unpaired) electrons.